The minimum atomic E-state index is -3.20. The minimum Gasteiger partial charge on any atom is -0.487 e. The molecule has 24 heavy (non-hydrogen) atoms. The van der Waals surface area contributed by atoms with Gasteiger partial charge in [0, 0.05) is 19.6 Å². The predicted octanol–water partition coefficient (Wildman–Crippen LogP) is 2.84. The topological polar surface area (TPSA) is 46.6 Å². The number of hydrogen-bond acceptors (Lipinski definition) is 4. The Labute approximate surface area is 144 Å². The summed E-state index contributed by atoms with van der Waals surface area (Å²) in [7, 11) is -3.20. The fourth-order valence-electron chi connectivity index (χ4n) is 2.93. The van der Waals surface area contributed by atoms with Crippen LogP contribution in [0.25, 0.3) is 0 Å². The molecule has 0 saturated carbocycles. The summed E-state index contributed by atoms with van der Waals surface area (Å²) in [6.45, 7) is 6.19. The summed E-state index contributed by atoms with van der Waals surface area (Å²) in [6, 6.07) is 14.8. The summed E-state index contributed by atoms with van der Waals surface area (Å²) in [5.41, 5.74) is 2.28. The maximum atomic E-state index is 12.3. The van der Waals surface area contributed by atoms with Crippen LogP contribution in [0.1, 0.15) is 11.1 Å². The minimum absolute atomic E-state index is 0.143. The molecule has 1 aliphatic heterocycles. The van der Waals surface area contributed by atoms with Gasteiger partial charge < -0.3 is 4.74 Å². The van der Waals surface area contributed by atoms with E-state index in [0.717, 1.165) is 30.0 Å². The number of nitrogens with zero attached hydrogens (tertiary/aromatic N) is 1. The molecule has 0 N–H and O–H groups in total. The third-order valence-corrected chi connectivity index (χ3v) is 6.11. The van der Waals surface area contributed by atoms with Crippen molar-refractivity contribution in [1.29, 1.82) is 0 Å². The van der Waals surface area contributed by atoms with Crippen molar-refractivity contribution in [1.82, 2.24) is 4.90 Å². The van der Waals surface area contributed by atoms with E-state index in [1.807, 2.05) is 38.1 Å². The van der Waals surface area contributed by atoms with Gasteiger partial charge in [-0.15, -0.1) is 0 Å². The Morgan fingerprint density at radius 1 is 1.00 bits per heavy atom. The van der Waals surface area contributed by atoms with E-state index in [4.69, 9.17) is 4.74 Å². The van der Waals surface area contributed by atoms with Crippen molar-refractivity contribution in [2.45, 2.75) is 24.8 Å². The smallest absolute Gasteiger partial charge is 0.179 e. The molecule has 3 rings (SSSR count). The molecule has 5 heteroatoms. The second-order valence-electron chi connectivity index (χ2n) is 6.35. The lowest BCUT2D eigenvalue weighted by Crippen LogP contribution is -2.54. The monoisotopic (exact) mass is 345 g/mol. The third-order valence-electron chi connectivity index (χ3n) is 4.40. The van der Waals surface area contributed by atoms with Crippen LogP contribution in [0.5, 0.6) is 5.75 Å². The van der Waals surface area contributed by atoms with Gasteiger partial charge in [-0.25, -0.2) is 8.42 Å². The van der Waals surface area contributed by atoms with Gasteiger partial charge >= 0.3 is 0 Å². The van der Waals surface area contributed by atoms with E-state index in [2.05, 4.69) is 4.90 Å². The molecular weight excluding hydrogens is 322 g/mol. The summed E-state index contributed by atoms with van der Waals surface area (Å²) in [5.74, 6) is 1.10. The Morgan fingerprint density at radius 3 is 2.25 bits per heavy atom. The first kappa shape index (κ1) is 17.0. The first-order valence-corrected chi connectivity index (χ1v) is 9.84. The quantitative estimate of drug-likeness (QED) is 0.808. The zero-order valence-corrected chi connectivity index (χ0v) is 14.9. The van der Waals surface area contributed by atoms with Gasteiger partial charge in [-0.2, -0.15) is 0 Å². The Kier molecular flexibility index (Phi) is 4.92. The van der Waals surface area contributed by atoms with Crippen molar-refractivity contribution < 1.29 is 13.2 Å². The van der Waals surface area contributed by atoms with Crippen molar-refractivity contribution in [3.8, 4) is 5.75 Å². The van der Waals surface area contributed by atoms with Gasteiger partial charge in [-0.1, -0.05) is 36.4 Å². The molecule has 0 aromatic heterocycles. The Balaban J connectivity index is 1.49. The number of rotatable bonds is 6. The number of para-hydroxylation sites is 1. The van der Waals surface area contributed by atoms with Crippen LogP contribution in [0.15, 0.2) is 53.4 Å². The van der Waals surface area contributed by atoms with Gasteiger partial charge in [0.2, 0.25) is 0 Å². The normalized spacial score (nSPS) is 15.9. The maximum Gasteiger partial charge on any atom is 0.179 e. The van der Waals surface area contributed by atoms with Gasteiger partial charge in [-0.05, 0) is 37.1 Å². The van der Waals surface area contributed by atoms with Crippen LogP contribution in [-0.2, 0) is 9.84 Å². The number of aryl methyl sites for hydroxylation is 2. The van der Waals surface area contributed by atoms with E-state index in [1.165, 1.54) is 0 Å². The van der Waals surface area contributed by atoms with Crippen molar-refractivity contribution >= 4 is 9.84 Å². The molecule has 1 saturated heterocycles. The second-order valence-corrected chi connectivity index (χ2v) is 8.46. The largest absolute Gasteiger partial charge is 0.487 e. The number of likely N-dealkylation sites (tertiary alicyclic amines) is 1. The van der Waals surface area contributed by atoms with Gasteiger partial charge in [0.15, 0.2) is 9.84 Å². The van der Waals surface area contributed by atoms with Crippen molar-refractivity contribution in [2.24, 2.45) is 0 Å². The average Bonchev–Trinajstić information content (AvgIpc) is 2.52. The SMILES string of the molecule is Cc1cccc(C)c1OC1CN(CCS(=O)(=O)c2ccccc2)C1. The molecular formula is C19H23NO3S. The van der Waals surface area contributed by atoms with E-state index in [1.54, 1.807) is 24.3 Å². The fraction of sp³-hybridized carbons (Fsp3) is 0.368. The molecule has 0 atom stereocenters. The van der Waals surface area contributed by atoms with Crippen LogP contribution in [-0.4, -0.2) is 44.8 Å². The molecule has 4 nitrogen and oxygen atoms in total. The van der Waals surface area contributed by atoms with Gasteiger partial charge in [-0.3, -0.25) is 4.90 Å². The number of sulfone groups is 1. The summed E-state index contributed by atoms with van der Waals surface area (Å²) in [6.07, 6.45) is 0.143. The first-order valence-electron chi connectivity index (χ1n) is 8.19. The predicted molar refractivity (Wildman–Crippen MR) is 95.3 cm³/mol. The number of ether oxygens (including phenoxy) is 1. The first-order chi connectivity index (χ1) is 11.5. The average molecular weight is 345 g/mol. The molecule has 2 aromatic rings. The molecule has 0 radical (unpaired) electrons. The molecule has 128 valence electrons. The van der Waals surface area contributed by atoms with Crippen molar-refractivity contribution in [3.05, 3.63) is 59.7 Å². The molecule has 1 fully saturated rings. The van der Waals surface area contributed by atoms with Crippen molar-refractivity contribution in [3.63, 3.8) is 0 Å². The van der Waals surface area contributed by atoms with E-state index in [9.17, 15) is 8.42 Å². The highest BCUT2D eigenvalue weighted by atomic mass is 32.2. The lowest BCUT2D eigenvalue weighted by Gasteiger charge is -2.39. The van der Waals surface area contributed by atoms with Crippen LogP contribution in [0.4, 0.5) is 0 Å². The molecule has 1 heterocycles. The summed E-state index contributed by atoms with van der Waals surface area (Å²) in [5, 5.41) is 0. The number of hydrogen-bond donors (Lipinski definition) is 0. The molecule has 0 bridgehead atoms. The third kappa shape index (κ3) is 3.79. The van der Waals surface area contributed by atoms with E-state index >= 15 is 0 Å². The van der Waals surface area contributed by atoms with Crippen LogP contribution in [0.3, 0.4) is 0 Å². The lowest BCUT2D eigenvalue weighted by atomic mass is 10.1. The summed E-state index contributed by atoms with van der Waals surface area (Å²) < 4.78 is 30.6. The number of benzene rings is 2. The van der Waals surface area contributed by atoms with Gasteiger partial charge in [0.25, 0.3) is 0 Å². The van der Waals surface area contributed by atoms with Crippen LogP contribution in [0, 0.1) is 13.8 Å². The van der Waals surface area contributed by atoms with Gasteiger partial charge in [0.05, 0.1) is 10.6 Å². The van der Waals surface area contributed by atoms with Crippen LogP contribution < -0.4 is 4.74 Å². The summed E-state index contributed by atoms with van der Waals surface area (Å²) >= 11 is 0. The zero-order valence-electron chi connectivity index (χ0n) is 14.1. The molecule has 0 spiro atoms. The van der Waals surface area contributed by atoms with E-state index in [0.29, 0.717) is 11.4 Å². The molecule has 0 aliphatic carbocycles. The van der Waals surface area contributed by atoms with Crippen LogP contribution >= 0.6 is 0 Å². The molecule has 0 amide bonds. The van der Waals surface area contributed by atoms with Crippen LogP contribution in [0.2, 0.25) is 0 Å². The molecule has 2 aromatic carbocycles. The van der Waals surface area contributed by atoms with Crippen molar-refractivity contribution in [2.75, 3.05) is 25.4 Å². The second kappa shape index (κ2) is 6.95. The Bertz CT molecular complexity index is 776. The Hall–Kier alpha value is -1.85. The Morgan fingerprint density at radius 2 is 1.62 bits per heavy atom. The fourth-order valence-corrected chi connectivity index (χ4v) is 4.23. The highest BCUT2D eigenvalue weighted by Gasteiger charge is 2.30. The zero-order chi connectivity index (χ0) is 17.2. The highest BCUT2D eigenvalue weighted by Crippen LogP contribution is 2.26. The standard InChI is InChI=1S/C19H23NO3S/c1-15-7-6-8-16(2)19(15)23-17-13-20(14-17)11-12-24(21,22)18-9-4-3-5-10-18/h3-10,17H,11-14H2,1-2H3. The van der Waals surface area contributed by atoms with E-state index in [-0.39, 0.29) is 11.9 Å². The van der Waals surface area contributed by atoms with E-state index < -0.39 is 9.84 Å². The highest BCUT2D eigenvalue weighted by molar-refractivity contribution is 7.91. The maximum absolute atomic E-state index is 12.3. The van der Waals surface area contributed by atoms with Gasteiger partial charge in [0.1, 0.15) is 11.9 Å². The summed E-state index contributed by atoms with van der Waals surface area (Å²) in [4.78, 5) is 2.52. The molecule has 0 unspecified atom stereocenters. The lowest BCUT2D eigenvalue weighted by molar-refractivity contribution is 0.0235. The molecule has 1 aliphatic rings.